The third-order valence-corrected chi connectivity index (χ3v) is 8.40. The molecule has 46 heavy (non-hydrogen) atoms. The molecular weight excluding hydrogens is 558 g/mol. The van der Waals surface area contributed by atoms with Gasteiger partial charge in [0.1, 0.15) is 0 Å². The second-order valence-corrected chi connectivity index (χ2v) is 11.3. The zero-order valence-corrected chi connectivity index (χ0v) is 25.1. The van der Waals surface area contributed by atoms with E-state index in [9.17, 15) is 0 Å². The van der Waals surface area contributed by atoms with Crippen molar-refractivity contribution in [3.05, 3.63) is 176 Å². The molecule has 0 saturated carbocycles. The Labute approximate surface area is 268 Å². The first-order chi connectivity index (χ1) is 22.8. The maximum atomic E-state index is 5.10. The van der Waals surface area contributed by atoms with Gasteiger partial charge in [-0.25, -0.2) is 9.97 Å². The summed E-state index contributed by atoms with van der Waals surface area (Å²) in [4.78, 5) is 14.7. The van der Waals surface area contributed by atoms with Crippen molar-refractivity contribution in [1.29, 1.82) is 0 Å². The second kappa shape index (κ2) is 12.1. The minimum Gasteiger partial charge on any atom is -0.256 e. The Bertz CT molecular complexity index is 2150. The molecule has 3 heteroatoms. The highest BCUT2D eigenvalue weighted by Crippen LogP contribution is 2.33. The molecule has 2 heterocycles. The molecule has 0 unspecified atom stereocenters. The molecule has 216 valence electrons. The first kappa shape index (κ1) is 27.4. The number of rotatable bonds is 6. The lowest BCUT2D eigenvalue weighted by Gasteiger charge is -2.12. The maximum absolute atomic E-state index is 5.10. The van der Waals surface area contributed by atoms with E-state index in [1.165, 1.54) is 33.0 Å². The van der Waals surface area contributed by atoms with Crippen molar-refractivity contribution in [2.24, 2.45) is 0 Å². The van der Waals surface area contributed by atoms with Crippen molar-refractivity contribution in [3.63, 3.8) is 0 Å². The third kappa shape index (κ3) is 5.47. The van der Waals surface area contributed by atoms with Crippen LogP contribution in [0.15, 0.2) is 176 Å². The number of nitrogens with zero attached hydrogens (tertiary/aromatic N) is 3. The van der Waals surface area contributed by atoms with E-state index < -0.39 is 0 Å². The highest BCUT2D eigenvalue weighted by molar-refractivity contribution is 5.96. The number of hydrogen-bond donors (Lipinski definition) is 0. The van der Waals surface area contributed by atoms with Crippen LogP contribution in [0.2, 0.25) is 0 Å². The summed E-state index contributed by atoms with van der Waals surface area (Å²) in [5, 5.41) is 2.48. The molecule has 0 spiro atoms. The molecule has 2 aromatic heterocycles. The normalized spacial score (nSPS) is 11.0. The fourth-order valence-corrected chi connectivity index (χ4v) is 5.96. The van der Waals surface area contributed by atoms with Crippen molar-refractivity contribution >= 4 is 10.8 Å². The predicted octanol–water partition coefficient (Wildman–Crippen LogP) is 11.0. The van der Waals surface area contributed by atoms with E-state index in [-0.39, 0.29) is 0 Å². The van der Waals surface area contributed by atoms with Crippen molar-refractivity contribution in [2.45, 2.75) is 0 Å². The smallest absolute Gasteiger partial charge is 0.160 e. The van der Waals surface area contributed by atoms with Gasteiger partial charge in [0, 0.05) is 28.5 Å². The molecule has 0 bridgehead atoms. The maximum Gasteiger partial charge on any atom is 0.160 e. The third-order valence-electron chi connectivity index (χ3n) is 8.40. The lowest BCUT2D eigenvalue weighted by Crippen LogP contribution is -1.96. The number of hydrogen-bond acceptors (Lipinski definition) is 3. The van der Waals surface area contributed by atoms with Crippen LogP contribution < -0.4 is 0 Å². The highest BCUT2D eigenvalue weighted by Gasteiger charge is 2.13. The molecule has 0 saturated heterocycles. The summed E-state index contributed by atoms with van der Waals surface area (Å²) in [6.07, 6.45) is 1.82. The molecule has 8 aromatic rings. The summed E-state index contributed by atoms with van der Waals surface area (Å²) in [5.41, 5.74) is 11.6. The number of fused-ring (bicyclic) bond motifs is 1. The standard InChI is InChI=1S/C43H29N3/c1-2-9-30(10-3-1)31-16-20-35(21-17-31)41-29-42(36-24-22-34(23-25-36)40-15-6-7-28-44-40)46-43(45-41)37-26-18-33(19-27-37)39-14-8-12-32-11-4-5-13-38(32)39/h1-29H. The first-order valence-electron chi connectivity index (χ1n) is 15.4. The molecule has 0 amide bonds. The minimum absolute atomic E-state index is 0.693. The van der Waals surface area contributed by atoms with Gasteiger partial charge in [0.15, 0.2) is 5.82 Å². The van der Waals surface area contributed by atoms with Crippen molar-refractivity contribution in [3.8, 4) is 67.4 Å². The molecule has 0 N–H and O–H groups in total. The first-order valence-corrected chi connectivity index (χ1v) is 15.4. The molecule has 0 aliphatic rings. The van der Waals surface area contributed by atoms with Gasteiger partial charge < -0.3 is 0 Å². The topological polar surface area (TPSA) is 38.7 Å². The van der Waals surface area contributed by atoms with Gasteiger partial charge in [-0.2, -0.15) is 0 Å². The number of benzene rings is 6. The Morgan fingerprint density at radius 3 is 1.52 bits per heavy atom. The van der Waals surface area contributed by atoms with Crippen LogP contribution in [0.25, 0.3) is 78.2 Å². The summed E-state index contributed by atoms with van der Waals surface area (Å²) in [7, 11) is 0. The van der Waals surface area contributed by atoms with Gasteiger partial charge in [-0.05, 0) is 51.2 Å². The van der Waals surface area contributed by atoms with Crippen LogP contribution in [0.5, 0.6) is 0 Å². The summed E-state index contributed by atoms with van der Waals surface area (Å²) in [6, 6.07) is 59.1. The van der Waals surface area contributed by atoms with Crippen LogP contribution in [0.4, 0.5) is 0 Å². The molecule has 0 aliphatic heterocycles. The van der Waals surface area contributed by atoms with Crippen LogP contribution >= 0.6 is 0 Å². The Morgan fingerprint density at radius 1 is 0.326 bits per heavy atom. The van der Waals surface area contributed by atoms with Crippen molar-refractivity contribution < 1.29 is 0 Å². The molecule has 3 nitrogen and oxygen atoms in total. The van der Waals surface area contributed by atoms with Gasteiger partial charge in [0.05, 0.1) is 17.1 Å². The van der Waals surface area contributed by atoms with E-state index in [0.29, 0.717) is 5.82 Å². The quantitative estimate of drug-likeness (QED) is 0.194. The van der Waals surface area contributed by atoms with E-state index in [4.69, 9.17) is 9.97 Å². The lowest BCUT2D eigenvalue weighted by molar-refractivity contribution is 1.18. The summed E-state index contributed by atoms with van der Waals surface area (Å²) < 4.78 is 0. The SMILES string of the molecule is c1ccc(-c2ccc(-c3cc(-c4ccc(-c5ccccn5)cc4)nc(-c4ccc(-c5cccc6ccccc56)cc4)n3)cc2)cc1. The highest BCUT2D eigenvalue weighted by atomic mass is 14.9. The molecule has 0 atom stereocenters. The van der Waals surface area contributed by atoms with Gasteiger partial charge in [-0.15, -0.1) is 0 Å². The summed E-state index contributed by atoms with van der Waals surface area (Å²) in [6.45, 7) is 0. The van der Waals surface area contributed by atoms with Crippen LogP contribution in [-0.2, 0) is 0 Å². The fourth-order valence-electron chi connectivity index (χ4n) is 5.96. The molecule has 0 aliphatic carbocycles. The Hall–Kier alpha value is -6.19. The zero-order valence-electron chi connectivity index (χ0n) is 25.1. The average Bonchev–Trinajstić information content (AvgIpc) is 3.15. The number of pyridine rings is 1. The van der Waals surface area contributed by atoms with Crippen LogP contribution in [0, 0.1) is 0 Å². The molecule has 0 fully saturated rings. The van der Waals surface area contributed by atoms with Gasteiger partial charge in [0.25, 0.3) is 0 Å². The van der Waals surface area contributed by atoms with Gasteiger partial charge in [0.2, 0.25) is 0 Å². The predicted molar refractivity (Wildman–Crippen MR) is 190 cm³/mol. The second-order valence-electron chi connectivity index (χ2n) is 11.3. The lowest BCUT2D eigenvalue weighted by atomic mass is 9.97. The van der Waals surface area contributed by atoms with Crippen LogP contribution in [0.3, 0.4) is 0 Å². The minimum atomic E-state index is 0.693. The monoisotopic (exact) mass is 587 g/mol. The Balaban J connectivity index is 1.19. The van der Waals surface area contributed by atoms with E-state index >= 15 is 0 Å². The van der Waals surface area contributed by atoms with Gasteiger partial charge in [-0.3, -0.25) is 4.98 Å². The number of aromatic nitrogens is 3. The Morgan fingerprint density at radius 2 is 0.848 bits per heavy atom. The van der Waals surface area contributed by atoms with E-state index in [1.807, 2.05) is 30.5 Å². The summed E-state index contributed by atoms with van der Waals surface area (Å²) >= 11 is 0. The molecule has 0 radical (unpaired) electrons. The van der Waals surface area contributed by atoms with Crippen LogP contribution in [-0.4, -0.2) is 15.0 Å². The molecule has 8 rings (SSSR count). The van der Waals surface area contributed by atoms with Crippen molar-refractivity contribution in [2.75, 3.05) is 0 Å². The molecular formula is C43H29N3. The molecule has 6 aromatic carbocycles. The zero-order chi connectivity index (χ0) is 30.7. The van der Waals surface area contributed by atoms with Gasteiger partial charge in [-0.1, -0.05) is 152 Å². The van der Waals surface area contributed by atoms with Gasteiger partial charge >= 0.3 is 0 Å². The van der Waals surface area contributed by atoms with E-state index in [2.05, 4.69) is 151 Å². The fraction of sp³-hybridized carbons (Fsp3) is 0. The largest absolute Gasteiger partial charge is 0.256 e. The van der Waals surface area contributed by atoms with E-state index in [1.54, 1.807) is 0 Å². The van der Waals surface area contributed by atoms with Crippen molar-refractivity contribution in [1.82, 2.24) is 15.0 Å². The Kier molecular flexibility index (Phi) is 7.18. The van der Waals surface area contributed by atoms with E-state index in [0.717, 1.165) is 39.3 Å². The summed E-state index contributed by atoms with van der Waals surface area (Å²) in [5.74, 6) is 0.693. The average molecular weight is 588 g/mol. The van der Waals surface area contributed by atoms with Crippen LogP contribution in [0.1, 0.15) is 0 Å².